The quantitative estimate of drug-likeness (QED) is 0.829. The van der Waals surface area contributed by atoms with E-state index in [4.69, 9.17) is 0 Å². The second-order valence-corrected chi connectivity index (χ2v) is 4.76. The maximum absolute atomic E-state index is 11.8. The molecule has 0 radical (unpaired) electrons. The first-order valence-corrected chi connectivity index (χ1v) is 6.02. The van der Waals surface area contributed by atoms with E-state index < -0.39 is 0 Å². The van der Waals surface area contributed by atoms with Crippen molar-refractivity contribution >= 4 is 11.6 Å². The van der Waals surface area contributed by atoms with Gasteiger partial charge >= 0.3 is 0 Å². The van der Waals surface area contributed by atoms with E-state index in [1.54, 1.807) is 33.3 Å². The normalized spacial score (nSPS) is 13.8. The average Bonchev–Trinajstić information content (AvgIpc) is 2.26. The Hall–Kier alpha value is -1.62. The molecule has 0 fully saturated rings. The van der Waals surface area contributed by atoms with Crippen LogP contribution in [0.3, 0.4) is 0 Å². The Kier molecular flexibility index (Phi) is 5.09. The van der Waals surface area contributed by atoms with Crippen LogP contribution in [0.2, 0.25) is 0 Å². The summed E-state index contributed by atoms with van der Waals surface area (Å²) in [5, 5.41) is 12.5. The lowest BCUT2D eigenvalue weighted by atomic mass is 10.1. The van der Waals surface area contributed by atoms with E-state index in [-0.39, 0.29) is 18.1 Å². The number of pyridine rings is 1. The number of hydrogen-bond acceptors (Lipinski definition) is 4. The first kappa shape index (κ1) is 14.4. The number of nitrogens with zero attached hydrogens (tertiary/aromatic N) is 2. The molecule has 0 aliphatic heterocycles. The van der Waals surface area contributed by atoms with Gasteiger partial charge in [-0.25, -0.2) is 0 Å². The van der Waals surface area contributed by atoms with E-state index >= 15 is 0 Å². The lowest BCUT2D eigenvalue weighted by Gasteiger charge is -2.17. The zero-order valence-electron chi connectivity index (χ0n) is 11.3. The van der Waals surface area contributed by atoms with E-state index in [9.17, 15) is 9.90 Å². The van der Waals surface area contributed by atoms with Crippen molar-refractivity contribution in [3.05, 3.63) is 24.0 Å². The molecule has 0 aliphatic rings. The monoisotopic (exact) mass is 251 g/mol. The maximum atomic E-state index is 11.8. The summed E-state index contributed by atoms with van der Waals surface area (Å²) in [4.78, 5) is 17.3. The summed E-state index contributed by atoms with van der Waals surface area (Å²) >= 11 is 0. The molecule has 5 nitrogen and oxygen atoms in total. The number of aliphatic hydroxyl groups excluding tert-OH is 1. The van der Waals surface area contributed by atoms with Crippen LogP contribution in [0, 0.1) is 0 Å². The molecule has 2 N–H and O–H groups in total. The van der Waals surface area contributed by atoms with Crippen molar-refractivity contribution in [1.29, 1.82) is 0 Å². The van der Waals surface area contributed by atoms with Crippen LogP contribution in [-0.4, -0.2) is 47.1 Å². The first-order valence-electron chi connectivity index (χ1n) is 6.02. The lowest BCUT2D eigenvalue weighted by Crippen LogP contribution is -2.24. The molecule has 0 saturated heterocycles. The van der Waals surface area contributed by atoms with Crippen molar-refractivity contribution in [2.24, 2.45) is 0 Å². The Morgan fingerprint density at radius 3 is 2.72 bits per heavy atom. The van der Waals surface area contributed by atoms with Gasteiger partial charge in [-0.05, 0) is 32.4 Å². The molecule has 1 aromatic rings. The van der Waals surface area contributed by atoms with Crippen LogP contribution in [0.5, 0.6) is 0 Å². The van der Waals surface area contributed by atoms with E-state index in [0.29, 0.717) is 12.1 Å². The SMILES string of the molecule is CC(O)CC(C)Nc1ccnc(C(=O)N(C)C)c1. The fourth-order valence-corrected chi connectivity index (χ4v) is 1.72. The molecule has 0 bridgehead atoms. The molecule has 1 amide bonds. The van der Waals surface area contributed by atoms with Crippen LogP contribution >= 0.6 is 0 Å². The van der Waals surface area contributed by atoms with E-state index in [2.05, 4.69) is 10.3 Å². The summed E-state index contributed by atoms with van der Waals surface area (Å²) in [6.45, 7) is 3.74. The minimum atomic E-state index is -0.350. The van der Waals surface area contributed by atoms with Crippen LogP contribution in [-0.2, 0) is 0 Å². The molecule has 18 heavy (non-hydrogen) atoms. The first-order chi connectivity index (χ1) is 8.40. The second kappa shape index (κ2) is 6.35. The van der Waals surface area contributed by atoms with E-state index in [1.807, 2.05) is 13.0 Å². The van der Waals surface area contributed by atoms with Crippen LogP contribution in [0.15, 0.2) is 18.3 Å². The molecular weight excluding hydrogens is 230 g/mol. The summed E-state index contributed by atoms with van der Waals surface area (Å²) in [7, 11) is 3.39. The summed E-state index contributed by atoms with van der Waals surface area (Å²) in [6, 6.07) is 3.67. The third kappa shape index (κ3) is 4.33. The van der Waals surface area contributed by atoms with Gasteiger partial charge in [0, 0.05) is 32.0 Å². The van der Waals surface area contributed by atoms with Crippen molar-refractivity contribution in [2.75, 3.05) is 19.4 Å². The van der Waals surface area contributed by atoms with Crippen molar-refractivity contribution in [3.63, 3.8) is 0 Å². The number of rotatable bonds is 5. The van der Waals surface area contributed by atoms with Gasteiger partial charge in [0.2, 0.25) is 0 Å². The molecule has 1 aromatic heterocycles. The van der Waals surface area contributed by atoms with Crippen LogP contribution in [0.4, 0.5) is 5.69 Å². The molecular formula is C13H21N3O2. The Balaban J connectivity index is 2.73. The van der Waals surface area contributed by atoms with E-state index in [0.717, 1.165) is 5.69 Å². The second-order valence-electron chi connectivity index (χ2n) is 4.76. The largest absolute Gasteiger partial charge is 0.393 e. The summed E-state index contributed by atoms with van der Waals surface area (Å²) in [5.74, 6) is -0.123. The van der Waals surface area contributed by atoms with Crippen molar-refractivity contribution in [1.82, 2.24) is 9.88 Å². The van der Waals surface area contributed by atoms with Gasteiger partial charge < -0.3 is 15.3 Å². The molecule has 100 valence electrons. The molecule has 2 unspecified atom stereocenters. The highest BCUT2D eigenvalue weighted by molar-refractivity contribution is 5.92. The van der Waals surface area contributed by atoms with Gasteiger partial charge in [0.05, 0.1) is 6.10 Å². The number of aliphatic hydroxyl groups is 1. The van der Waals surface area contributed by atoms with Crippen molar-refractivity contribution in [3.8, 4) is 0 Å². The Labute approximate surface area is 108 Å². The van der Waals surface area contributed by atoms with Crippen LogP contribution < -0.4 is 5.32 Å². The highest BCUT2D eigenvalue weighted by Crippen LogP contribution is 2.12. The van der Waals surface area contributed by atoms with Crippen molar-refractivity contribution in [2.45, 2.75) is 32.4 Å². The Morgan fingerprint density at radius 1 is 1.50 bits per heavy atom. The van der Waals surface area contributed by atoms with Gasteiger partial charge in [-0.3, -0.25) is 9.78 Å². The number of aromatic nitrogens is 1. The Morgan fingerprint density at radius 2 is 2.17 bits per heavy atom. The highest BCUT2D eigenvalue weighted by Gasteiger charge is 2.11. The van der Waals surface area contributed by atoms with E-state index in [1.165, 1.54) is 4.90 Å². The number of hydrogen-bond donors (Lipinski definition) is 2. The Bertz CT molecular complexity index is 405. The summed E-state index contributed by atoms with van der Waals surface area (Å²) in [6.07, 6.45) is 1.91. The fraction of sp³-hybridized carbons (Fsp3) is 0.538. The zero-order chi connectivity index (χ0) is 13.7. The standard InChI is InChI=1S/C13H21N3O2/c1-9(7-10(2)17)15-11-5-6-14-12(8-11)13(18)16(3)4/h5-6,8-10,17H,7H2,1-4H3,(H,14,15). The number of nitrogens with one attached hydrogen (secondary N) is 1. The summed E-state index contributed by atoms with van der Waals surface area (Å²) in [5.41, 5.74) is 1.25. The number of carbonyl (C=O) groups is 1. The van der Waals surface area contributed by atoms with Gasteiger partial charge in [0.25, 0.3) is 5.91 Å². The molecule has 0 saturated carbocycles. The molecule has 0 aliphatic carbocycles. The molecule has 5 heteroatoms. The van der Waals surface area contributed by atoms with Gasteiger partial charge in [-0.15, -0.1) is 0 Å². The van der Waals surface area contributed by atoms with Gasteiger partial charge in [0.15, 0.2) is 0 Å². The topological polar surface area (TPSA) is 65.5 Å². The summed E-state index contributed by atoms with van der Waals surface area (Å²) < 4.78 is 0. The van der Waals surface area contributed by atoms with Crippen LogP contribution in [0.25, 0.3) is 0 Å². The van der Waals surface area contributed by atoms with Crippen molar-refractivity contribution < 1.29 is 9.90 Å². The molecule has 1 heterocycles. The minimum absolute atomic E-state index is 0.123. The predicted octanol–water partition coefficient (Wildman–Crippen LogP) is 1.35. The number of amides is 1. The fourth-order valence-electron chi connectivity index (χ4n) is 1.72. The third-order valence-electron chi connectivity index (χ3n) is 2.49. The van der Waals surface area contributed by atoms with Gasteiger partial charge in [-0.1, -0.05) is 0 Å². The lowest BCUT2D eigenvalue weighted by molar-refractivity contribution is 0.0822. The molecule has 0 spiro atoms. The molecule has 0 aromatic carbocycles. The average molecular weight is 251 g/mol. The smallest absolute Gasteiger partial charge is 0.272 e. The van der Waals surface area contributed by atoms with Gasteiger partial charge in [0.1, 0.15) is 5.69 Å². The molecule has 2 atom stereocenters. The minimum Gasteiger partial charge on any atom is -0.393 e. The highest BCUT2D eigenvalue weighted by atomic mass is 16.3. The number of carbonyl (C=O) groups excluding carboxylic acids is 1. The third-order valence-corrected chi connectivity index (χ3v) is 2.49. The maximum Gasteiger partial charge on any atom is 0.272 e. The zero-order valence-corrected chi connectivity index (χ0v) is 11.3. The predicted molar refractivity (Wildman–Crippen MR) is 71.6 cm³/mol. The molecule has 1 rings (SSSR count). The number of anilines is 1. The van der Waals surface area contributed by atoms with Gasteiger partial charge in [-0.2, -0.15) is 0 Å². The van der Waals surface area contributed by atoms with Crippen LogP contribution in [0.1, 0.15) is 30.8 Å².